The standard InChI is InChI=1S/C78H55N3Si2/c1-7-27-59(28-8-1)82(60-29-9-2-10-30-60,61-31-11-3-12-32-61)65-39-25-26-56(52-65)79-73-43-22-19-40-67(73)70-53-57(46-49-76(70)79)80-74-44-23-20-41-68(74)71-54-58(47-50-77(71)80)81-75-45-24-21-42-69(75)72-55-66(48-51-78(72)81)83(62-33-13-4-14-34-62,63-35-15-5-16-36-63)64-37-17-6-18-38-64/h1-55H. The first-order chi connectivity index (χ1) is 41.2. The average molecular weight is 1090 g/mol. The van der Waals surface area contributed by atoms with E-state index in [2.05, 4.69) is 347 Å². The quantitative estimate of drug-likeness (QED) is 0.0906. The SMILES string of the molecule is c1ccc([Si](c2ccccc2)(c2ccccc2)c2cccc(-n3c4ccccc4c4cc(-n5c6ccccc6c6cc(-n7c8ccccc8c8cc([Si](c9ccccc9)(c9ccccc9)c9ccccc9)ccc87)ccc65)ccc43)c2)cc1. The van der Waals surface area contributed by atoms with Gasteiger partial charge < -0.3 is 13.7 Å². The predicted molar refractivity (Wildman–Crippen MR) is 357 cm³/mol. The highest BCUT2D eigenvalue weighted by Crippen LogP contribution is 2.39. The van der Waals surface area contributed by atoms with Crippen LogP contribution >= 0.6 is 0 Å². The van der Waals surface area contributed by atoms with Crippen molar-refractivity contribution in [1.82, 2.24) is 13.7 Å². The van der Waals surface area contributed by atoms with Gasteiger partial charge in [-0.3, -0.25) is 0 Å². The van der Waals surface area contributed by atoms with Crippen LogP contribution < -0.4 is 41.5 Å². The van der Waals surface area contributed by atoms with Crippen molar-refractivity contribution in [3.63, 3.8) is 0 Å². The summed E-state index contributed by atoms with van der Waals surface area (Å²) in [5.74, 6) is 0. The van der Waals surface area contributed by atoms with E-state index in [1.165, 1.54) is 107 Å². The maximum Gasteiger partial charge on any atom is 0.179 e. The average Bonchev–Trinajstić information content (AvgIpc) is 2.56. The van der Waals surface area contributed by atoms with E-state index in [1.54, 1.807) is 0 Å². The van der Waals surface area contributed by atoms with Crippen LogP contribution in [0, 0.1) is 0 Å². The number of hydrogen-bond donors (Lipinski definition) is 0. The minimum Gasteiger partial charge on any atom is -0.309 e. The van der Waals surface area contributed by atoms with Crippen LogP contribution in [0.4, 0.5) is 0 Å². The summed E-state index contributed by atoms with van der Waals surface area (Å²) < 4.78 is 7.44. The molecule has 0 aliphatic carbocycles. The molecule has 390 valence electrons. The number of para-hydroxylation sites is 3. The lowest BCUT2D eigenvalue weighted by Crippen LogP contribution is -2.74. The second-order valence-electron chi connectivity index (χ2n) is 21.9. The molecule has 0 N–H and O–H groups in total. The fraction of sp³-hybridized carbons (Fsp3) is 0. The minimum atomic E-state index is -2.79. The summed E-state index contributed by atoms with van der Waals surface area (Å²) >= 11 is 0. The first kappa shape index (κ1) is 48.6. The number of nitrogens with zero attached hydrogens (tertiary/aromatic N) is 3. The molecule has 0 saturated carbocycles. The molecule has 0 fully saturated rings. The number of fused-ring (bicyclic) bond motifs is 9. The van der Waals surface area contributed by atoms with Crippen LogP contribution in [0.15, 0.2) is 334 Å². The lowest BCUT2D eigenvalue weighted by molar-refractivity contribution is 1.16. The van der Waals surface area contributed by atoms with Gasteiger partial charge in [-0.25, -0.2) is 0 Å². The van der Waals surface area contributed by atoms with Gasteiger partial charge in [-0.2, -0.15) is 0 Å². The summed E-state index contributed by atoms with van der Waals surface area (Å²) in [7, 11) is -5.56. The zero-order chi connectivity index (χ0) is 54.9. The van der Waals surface area contributed by atoms with Gasteiger partial charge in [0.15, 0.2) is 16.1 Å². The molecule has 0 amide bonds. The molecular formula is C78H55N3Si2. The van der Waals surface area contributed by atoms with Crippen LogP contribution in [0.2, 0.25) is 0 Å². The van der Waals surface area contributed by atoms with Crippen molar-refractivity contribution in [2.75, 3.05) is 0 Å². The molecule has 3 aromatic heterocycles. The third-order valence-electron chi connectivity index (χ3n) is 17.7. The van der Waals surface area contributed by atoms with Crippen molar-refractivity contribution in [3.8, 4) is 17.1 Å². The van der Waals surface area contributed by atoms with E-state index in [4.69, 9.17) is 0 Å². The van der Waals surface area contributed by atoms with Gasteiger partial charge in [-0.1, -0.05) is 261 Å². The third-order valence-corrected chi connectivity index (χ3v) is 27.3. The van der Waals surface area contributed by atoms with E-state index >= 15 is 0 Å². The number of benzene rings is 13. The molecule has 0 aliphatic rings. The zero-order valence-corrected chi connectivity index (χ0v) is 47.6. The second kappa shape index (κ2) is 19.7. The Balaban J connectivity index is 0.855. The van der Waals surface area contributed by atoms with E-state index in [0.717, 1.165) is 17.1 Å². The van der Waals surface area contributed by atoms with Crippen molar-refractivity contribution in [2.24, 2.45) is 0 Å². The first-order valence-electron chi connectivity index (χ1n) is 28.7. The molecule has 0 spiro atoms. The van der Waals surface area contributed by atoms with Crippen molar-refractivity contribution >= 4 is 123 Å². The molecule has 0 saturated heterocycles. The molecule has 0 unspecified atom stereocenters. The largest absolute Gasteiger partial charge is 0.309 e. The van der Waals surface area contributed by atoms with E-state index in [0.29, 0.717) is 0 Å². The van der Waals surface area contributed by atoms with Gasteiger partial charge in [-0.15, -0.1) is 0 Å². The van der Waals surface area contributed by atoms with Crippen LogP contribution in [0.5, 0.6) is 0 Å². The van der Waals surface area contributed by atoms with E-state index in [1.807, 2.05) is 0 Å². The molecule has 16 rings (SSSR count). The highest BCUT2D eigenvalue weighted by atomic mass is 28.3. The smallest absolute Gasteiger partial charge is 0.179 e. The summed E-state index contributed by atoms with van der Waals surface area (Å²) in [6.07, 6.45) is 0. The summed E-state index contributed by atoms with van der Waals surface area (Å²) in [6, 6.07) is 125. The van der Waals surface area contributed by atoms with Crippen LogP contribution in [-0.2, 0) is 0 Å². The van der Waals surface area contributed by atoms with Gasteiger partial charge in [0.05, 0.1) is 33.1 Å². The van der Waals surface area contributed by atoms with E-state index < -0.39 is 16.1 Å². The summed E-state index contributed by atoms with van der Waals surface area (Å²) in [4.78, 5) is 0. The van der Waals surface area contributed by atoms with Crippen molar-refractivity contribution in [2.45, 2.75) is 0 Å². The Morgan fingerprint density at radius 3 is 0.759 bits per heavy atom. The monoisotopic (exact) mass is 1090 g/mol. The summed E-state index contributed by atoms with van der Waals surface area (Å²) in [5, 5.41) is 18.3. The van der Waals surface area contributed by atoms with Crippen molar-refractivity contribution in [1.29, 1.82) is 0 Å². The Morgan fingerprint density at radius 1 is 0.157 bits per heavy atom. The van der Waals surface area contributed by atoms with Gasteiger partial charge in [0.1, 0.15) is 0 Å². The van der Waals surface area contributed by atoms with E-state index in [-0.39, 0.29) is 0 Å². The number of aromatic nitrogens is 3. The molecule has 16 aromatic rings. The zero-order valence-electron chi connectivity index (χ0n) is 45.6. The molecule has 13 aromatic carbocycles. The Kier molecular flexibility index (Phi) is 11.6. The topological polar surface area (TPSA) is 14.8 Å². The fourth-order valence-corrected chi connectivity index (χ4v) is 23.8. The number of rotatable bonds is 11. The van der Waals surface area contributed by atoms with Crippen molar-refractivity contribution < 1.29 is 0 Å². The maximum absolute atomic E-state index is 2.79. The van der Waals surface area contributed by atoms with Crippen LogP contribution in [0.1, 0.15) is 0 Å². The molecule has 0 atom stereocenters. The fourth-order valence-electron chi connectivity index (χ4n) is 14.2. The van der Waals surface area contributed by atoms with Crippen LogP contribution in [0.25, 0.3) is 82.5 Å². The van der Waals surface area contributed by atoms with Gasteiger partial charge >= 0.3 is 0 Å². The molecule has 3 nitrogen and oxygen atoms in total. The lowest BCUT2D eigenvalue weighted by Gasteiger charge is -2.34. The summed E-state index contributed by atoms with van der Waals surface area (Å²) in [6.45, 7) is 0. The highest BCUT2D eigenvalue weighted by Gasteiger charge is 2.43. The lowest BCUT2D eigenvalue weighted by atomic mass is 10.1. The second-order valence-corrected chi connectivity index (χ2v) is 29.6. The van der Waals surface area contributed by atoms with Crippen molar-refractivity contribution in [3.05, 3.63) is 334 Å². The minimum absolute atomic E-state index is 1.13. The maximum atomic E-state index is 2.52. The van der Waals surface area contributed by atoms with Gasteiger partial charge in [0.2, 0.25) is 0 Å². The number of hydrogen-bond acceptors (Lipinski definition) is 0. The van der Waals surface area contributed by atoms with Crippen LogP contribution in [0.3, 0.4) is 0 Å². The van der Waals surface area contributed by atoms with Gasteiger partial charge in [0.25, 0.3) is 0 Å². The first-order valence-corrected chi connectivity index (χ1v) is 32.7. The predicted octanol–water partition coefficient (Wildman–Crippen LogP) is 13.7. The molecule has 3 heterocycles. The van der Waals surface area contributed by atoms with E-state index in [9.17, 15) is 0 Å². The molecular weight excluding hydrogens is 1040 g/mol. The molecule has 5 heteroatoms. The summed E-state index contributed by atoms with van der Waals surface area (Å²) in [5.41, 5.74) is 10.5. The Bertz CT molecular complexity index is 4880. The Hall–Kier alpha value is -10.3. The Morgan fingerprint density at radius 2 is 0.410 bits per heavy atom. The molecule has 0 bridgehead atoms. The van der Waals surface area contributed by atoms with Gasteiger partial charge in [0, 0.05) is 49.4 Å². The van der Waals surface area contributed by atoms with Gasteiger partial charge in [-0.05, 0) is 114 Å². The highest BCUT2D eigenvalue weighted by molar-refractivity contribution is 7.20. The molecule has 83 heavy (non-hydrogen) atoms. The third kappa shape index (κ3) is 7.49. The normalized spacial score (nSPS) is 12.1. The van der Waals surface area contributed by atoms with Crippen LogP contribution in [-0.4, -0.2) is 29.8 Å². The Labute approximate surface area is 484 Å². The molecule has 0 radical (unpaired) electrons. The molecule has 0 aliphatic heterocycles.